The summed E-state index contributed by atoms with van der Waals surface area (Å²) in [5.41, 5.74) is 6.85. The molecule has 1 saturated carbocycles. The molecule has 242 valence electrons. The SMILES string of the molecule is C=CC(=O)N[C@H]1COCCN(c2nc(OCC3(CN4CCOCC4)CC3)nc3c(F)c(-c4ccc(F)c5sc(N)nc45)ccc23)C1. The molecule has 3 N–H and O–H groups in total. The summed E-state index contributed by atoms with van der Waals surface area (Å²) in [5.74, 6) is -0.926. The minimum Gasteiger partial charge on any atom is -0.463 e. The van der Waals surface area contributed by atoms with E-state index in [-0.39, 0.29) is 49.8 Å². The smallest absolute Gasteiger partial charge is 0.319 e. The van der Waals surface area contributed by atoms with Crippen molar-refractivity contribution in [3.63, 3.8) is 0 Å². The van der Waals surface area contributed by atoms with E-state index in [1.807, 2.05) is 4.90 Å². The third-order valence-electron chi connectivity index (χ3n) is 8.79. The maximum Gasteiger partial charge on any atom is 0.319 e. The summed E-state index contributed by atoms with van der Waals surface area (Å²) in [6.07, 6.45) is 3.26. The lowest BCUT2D eigenvalue weighted by molar-refractivity contribution is -0.117. The van der Waals surface area contributed by atoms with Crippen molar-refractivity contribution in [1.29, 1.82) is 0 Å². The molecule has 1 atom stereocenters. The molecule has 0 radical (unpaired) electrons. The number of nitrogens with one attached hydrogen (secondary N) is 1. The zero-order valence-electron chi connectivity index (χ0n) is 25.3. The van der Waals surface area contributed by atoms with Gasteiger partial charge in [-0.1, -0.05) is 24.0 Å². The number of halogens is 2. The number of hydrogen-bond acceptors (Lipinski definition) is 11. The maximum absolute atomic E-state index is 16.7. The molecule has 0 bridgehead atoms. The molecule has 1 amide bonds. The fraction of sp³-hybridized carbons (Fsp3) is 0.438. The largest absolute Gasteiger partial charge is 0.463 e. The van der Waals surface area contributed by atoms with Crippen LogP contribution in [0, 0.1) is 17.0 Å². The number of carbonyl (C=O) groups excluding carboxylic acids is 1. The van der Waals surface area contributed by atoms with Gasteiger partial charge < -0.3 is 30.2 Å². The molecular weight excluding hydrogens is 616 g/mol. The lowest BCUT2D eigenvalue weighted by Gasteiger charge is -2.30. The van der Waals surface area contributed by atoms with E-state index in [9.17, 15) is 9.18 Å². The highest BCUT2D eigenvalue weighted by atomic mass is 32.1. The Morgan fingerprint density at radius 1 is 1.09 bits per heavy atom. The van der Waals surface area contributed by atoms with Crippen molar-refractivity contribution in [2.24, 2.45) is 5.41 Å². The van der Waals surface area contributed by atoms with E-state index in [1.165, 1.54) is 18.2 Å². The van der Waals surface area contributed by atoms with Gasteiger partial charge in [0.1, 0.15) is 17.2 Å². The second-order valence-corrected chi connectivity index (χ2v) is 13.1. The van der Waals surface area contributed by atoms with Gasteiger partial charge in [-0.3, -0.25) is 9.69 Å². The van der Waals surface area contributed by atoms with Gasteiger partial charge in [0.25, 0.3) is 0 Å². The Bertz CT molecular complexity index is 1790. The molecule has 2 aliphatic heterocycles. The number of nitrogens with two attached hydrogens (primary N) is 1. The molecule has 3 fully saturated rings. The summed E-state index contributed by atoms with van der Waals surface area (Å²) in [5, 5.41) is 3.55. The summed E-state index contributed by atoms with van der Waals surface area (Å²) in [4.78, 5) is 30.2. The molecule has 0 spiro atoms. The number of hydrogen-bond donors (Lipinski definition) is 2. The number of carbonyl (C=O) groups is 1. The predicted octanol–water partition coefficient (Wildman–Crippen LogP) is 3.77. The number of ether oxygens (including phenoxy) is 3. The third kappa shape index (κ3) is 6.21. The van der Waals surface area contributed by atoms with E-state index in [0.717, 1.165) is 57.0 Å². The number of aromatic nitrogens is 3. The van der Waals surface area contributed by atoms with E-state index in [1.54, 1.807) is 12.1 Å². The van der Waals surface area contributed by atoms with E-state index in [2.05, 4.69) is 26.8 Å². The number of anilines is 2. The van der Waals surface area contributed by atoms with E-state index < -0.39 is 11.6 Å². The van der Waals surface area contributed by atoms with Gasteiger partial charge in [0.05, 0.1) is 49.3 Å². The summed E-state index contributed by atoms with van der Waals surface area (Å²) >= 11 is 1.01. The van der Waals surface area contributed by atoms with Crippen molar-refractivity contribution in [2.75, 3.05) is 76.4 Å². The zero-order valence-corrected chi connectivity index (χ0v) is 26.1. The monoisotopic (exact) mass is 651 g/mol. The predicted molar refractivity (Wildman–Crippen MR) is 172 cm³/mol. The molecule has 2 aromatic carbocycles. The number of morpholine rings is 1. The third-order valence-corrected chi connectivity index (χ3v) is 9.69. The van der Waals surface area contributed by atoms with E-state index in [4.69, 9.17) is 24.9 Å². The minimum atomic E-state index is -0.609. The molecule has 14 heteroatoms. The highest BCUT2D eigenvalue weighted by Crippen LogP contribution is 2.47. The van der Waals surface area contributed by atoms with Crippen LogP contribution in [-0.2, 0) is 14.3 Å². The standard InChI is InChI=1S/C32H35F2N7O4S/c1-2-24(42)36-19-15-41(11-14-44-16-19)29-22-4-3-20(21-5-6-23(33)28-27(21)37-30(35)46-28)25(34)26(22)38-31(39-29)45-18-32(7-8-32)17-40-9-12-43-13-10-40/h2-6,19H,1,7-18H2,(H2,35,37)(H,36,42)/t19-/m1/s1. The molecule has 11 nitrogen and oxygen atoms in total. The molecular formula is C32H35F2N7O4S. The van der Waals surface area contributed by atoms with Crippen LogP contribution in [0.5, 0.6) is 6.01 Å². The number of thiazole rings is 1. The second kappa shape index (κ2) is 12.7. The van der Waals surface area contributed by atoms with Gasteiger partial charge >= 0.3 is 6.01 Å². The minimum absolute atomic E-state index is 0.0169. The number of rotatable bonds is 9. The first kappa shape index (κ1) is 30.7. The van der Waals surface area contributed by atoms with Gasteiger partial charge in [0, 0.05) is 54.7 Å². The number of fused-ring (bicyclic) bond motifs is 2. The van der Waals surface area contributed by atoms with Crippen LogP contribution in [0.3, 0.4) is 0 Å². The highest BCUT2D eigenvalue weighted by Gasteiger charge is 2.45. The fourth-order valence-electron chi connectivity index (χ4n) is 6.18. The topological polar surface area (TPSA) is 128 Å². The molecule has 4 aromatic rings. The van der Waals surface area contributed by atoms with Crippen molar-refractivity contribution in [3.05, 3.63) is 48.6 Å². The highest BCUT2D eigenvalue weighted by molar-refractivity contribution is 7.22. The summed E-state index contributed by atoms with van der Waals surface area (Å²) in [7, 11) is 0. The first-order chi connectivity index (χ1) is 22.3. The van der Waals surface area contributed by atoms with Crippen LogP contribution in [-0.4, -0.2) is 97.6 Å². The molecule has 3 aliphatic rings. The molecule has 0 unspecified atom stereocenters. The van der Waals surface area contributed by atoms with Gasteiger partial charge in [-0.25, -0.2) is 13.8 Å². The van der Waals surface area contributed by atoms with Crippen LogP contribution in [0.1, 0.15) is 12.8 Å². The summed E-state index contributed by atoms with van der Waals surface area (Å²) in [6, 6.07) is 5.88. The van der Waals surface area contributed by atoms with Crippen LogP contribution in [0.25, 0.3) is 32.2 Å². The first-order valence-electron chi connectivity index (χ1n) is 15.4. The Kier molecular flexibility index (Phi) is 8.44. The Balaban J connectivity index is 1.27. The number of nitrogens with zero attached hydrogens (tertiary/aromatic N) is 5. The van der Waals surface area contributed by atoms with Crippen molar-refractivity contribution in [2.45, 2.75) is 18.9 Å². The van der Waals surface area contributed by atoms with Crippen LogP contribution in [0.15, 0.2) is 36.9 Å². The second-order valence-electron chi connectivity index (χ2n) is 12.1. The molecule has 2 saturated heterocycles. The lowest BCUT2D eigenvalue weighted by atomic mass is 10.0. The van der Waals surface area contributed by atoms with Crippen LogP contribution >= 0.6 is 11.3 Å². The summed E-state index contributed by atoms with van der Waals surface area (Å²) in [6.45, 7) is 9.54. The number of benzene rings is 2. The Hall–Kier alpha value is -3.98. The van der Waals surface area contributed by atoms with Gasteiger partial charge in [-0.05, 0) is 37.1 Å². The fourth-order valence-corrected chi connectivity index (χ4v) is 6.94. The normalized spacial score (nSPS) is 20.0. The van der Waals surface area contributed by atoms with Crippen LogP contribution < -0.4 is 20.7 Å². The van der Waals surface area contributed by atoms with Gasteiger partial charge in [0.15, 0.2) is 10.9 Å². The molecule has 1 aliphatic carbocycles. The Labute approximate surface area is 268 Å². The van der Waals surface area contributed by atoms with Crippen molar-refractivity contribution in [1.82, 2.24) is 25.2 Å². The average molecular weight is 652 g/mol. The maximum atomic E-state index is 16.7. The molecule has 2 aromatic heterocycles. The van der Waals surface area contributed by atoms with E-state index in [0.29, 0.717) is 49.7 Å². The van der Waals surface area contributed by atoms with Crippen molar-refractivity contribution >= 4 is 49.3 Å². The number of amides is 1. The van der Waals surface area contributed by atoms with Gasteiger partial charge in [-0.2, -0.15) is 9.97 Å². The summed E-state index contributed by atoms with van der Waals surface area (Å²) < 4.78 is 49.1. The van der Waals surface area contributed by atoms with Gasteiger partial charge in [-0.15, -0.1) is 0 Å². The Morgan fingerprint density at radius 3 is 2.65 bits per heavy atom. The van der Waals surface area contributed by atoms with Gasteiger partial charge in [0.2, 0.25) is 5.91 Å². The quantitative estimate of drug-likeness (QED) is 0.258. The first-order valence-corrected chi connectivity index (χ1v) is 16.2. The zero-order chi connectivity index (χ0) is 31.8. The number of nitrogen functional groups attached to an aromatic ring is 1. The molecule has 7 rings (SSSR count). The van der Waals surface area contributed by atoms with Crippen LogP contribution in [0.2, 0.25) is 0 Å². The van der Waals surface area contributed by atoms with Crippen molar-refractivity contribution in [3.8, 4) is 17.1 Å². The average Bonchev–Trinajstić information content (AvgIpc) is 3.77. The molecule has 4 heterocycles. The Morgan fingerprint density at radius 2 is 1.87 bits per heavy atom. The van der Waals surface area contributed by atoms with Crippen LogP contribution in [0.4, 0.5) is 19.7 Å². The lowest BCUT2D eigenvalue weighted by Crippen LogP contribution is -2.44. The van der Waals surface area contributed by atoms with Crippen molar-refractivity contribution < 1.29 is 27.8 Å². The molecule has 46 heavy (non-hydrogen) atoms. The van der Waals surface area contributed by atoms with E-state index >= 15 is 4.39 Å².